The molecule has 0 unspecified atom stereocenters. The first-order chi connectivity index (χ1) is 14.7. The molecule has 5 heteroatoms. The summed E-state index contributed by atoms with van der Waals surface area (Å²) in [5, 5.41) is 15.6. The molecule has 4 aliphatic carbocycles. The van der Waals surface area contributed by atoms with Crippen LogP contribution in [-0.2, 0) is 11.3 Å². The van der Waals surface area contributed by atoms with Gasteiger partial charge in [-0.15, -0.1) is 0 Å². The number of rotatable bonds is 4. The number of aliphatic hydroxyl groups is 1. The Bertz CT molecular complexity index is 850. The molecule has 1 N–H and O–H groups in total. The SMILES string of the molecule is CC[C@]12CC[C@@](C)(O)C[C@@H]1CC[C@H]1[C@@H]3CC[C@H](C(=O)Cn4cc(Cl)cn4)[C@@]3(C)CC[C@@H]12. The maximum absolute atomic E-state index is 13.3. The van der Waals surface area contributed by atoms with Crippen LogP contribution in [-0.4, -0.2) is 26.3 Å². The van der Waals surface area contributed by atoms with Gasteiger partial charge in [-0.2, -0.15) is 5.10 Å². The Hall–Kier alpha value is -0.870. The summed E-state index contributed by atoms with van der Waals surface area (Å²) in [5.74, 6) is 3.39. The van der Waals surface area contributed by atoms with Gasteiger partial charge in [-0.3, -0.25) is 9.48 Å². The minimum Gasteiger partial charge on any atom is -0.390 e. The number of nitrogens with zero attached hydrogens (tertiary/aromatic N) is 2. The van der Waals surface area contributed by atoms with Crippen LogP contribution in [0.15, 0.2) is 12.4 Å². The van der Waals surface area contributed by atoms with E-state index in [9.17, 15) is 9.90 Å². The van der Waals surface area contributed by atoms with Crippen molar-refractivity contribution in [1.29, 1.82) is 0 Å². The normalized spacial score (nSPS) is 46.8. The van der Waals surface area contributed by atoms with Crippen molar-refractivity contribution in [2.45, 2.75) is 97.1 Å². The molecular formula is C26H39ClN2O2. The van der Waals surface area contributed by atoms with Gasteiger partial charge in [0.2, 0.25) is 0 Å². The summed E-state index contributed by atoms with van der Waals surface area (Å²) >= 11 is 6.01. The topological polar surface area (TPSA) is 55.1 Å². The molecule has 8 atom stereocenters. The molecule has 5 rings (SSSR count). The lowest BCUT2D eigenvalue weighted by Gasteiger charge is -2.63. The molecule has 4 saturated carbocycles. The highest BCUT2D eigenvalue weighted by molar-refractivity contribution is 6.30. The van der Waals surface area contributed by atoms with Gasteiger partial charge < -0.3 is 5.11 Å². The number of aromatic nitrogens is 2. The molecule has 0 bridgehead atoms. The summed E-state index contributed by atoms with van der Waals surface area (Å²) in [4.78, 5) is 13.3. The van der Waals surface area contributed by atoms with Crippen LogP contribution in [0, 0.1) is 40.4 Å². The minimum absolute atomic E-state index is 0.136. The van der Waals surface area contributed by atoms with E-state index in [-0.39, 0.29) is 11.3 Å². The molecule has 1 aromatic rings. The second-order valence-corrected chi connectivity index (χ2v) is 12.4. The van der Waals surface area contributed by atoms with E-state index in [4.69, 9.17) is 11.6 Å². The Balaban J connectivity index is 1.36. The first kappa shape index (κ1) is 21.9. The van der Waals surface area contributed by atoms with Gasteiger partial charge in [-0.25, -0.2) is 0 Å². The first-order valence-electron chi connectivity index (χ1n) is 12.6. The fraction of sp³-hybridized carbons (Fsp3) is 0.846. The summed E-state index contributed by atoms with van der Waals surface area (Å²) in [6.07, 6.45) is 15.0. The molecule has 4 aliphatic rings. The zero-order chi connectivity index (χ0) is 22.0. The third-order valence-electron chi connectivity index (χ3n) is 10.6. The third-order valence-corrected chi connectivity index (χ3v) is 10.8. The van der Waals surface area contributed by atoms with Crippen molar-refractivity contribution >= 4 is 17.4 Å². The molecule has 1 heterocycles. The van der Waals surface area contributed by atoms with E-state index in [1.807, 2.05) is 0 Å². The molecule has 0 spiro atoms. The molecule has 0 radical (unpaired) electrons. The molecule has 4 nitrogen and oxygen atoms in total. The number of fused-ring (bicyclic) bond motifs is 5. The Morgan fingerprint density at radius 3 is 2.68 bits per heavy atom. The molecule has 172 valence electrons. The number of Topliss-reactive ketones (excluding diaryl/α,β-unsaturated/α-hetero) is 1. The van der Waals surface area contributed by atoms with Crippen LogP contribution in [0.3, 0.4) is 0 Å². The Labute approximate surface area is 192 Å². The van der Waals surface area contributed by atoms with Gasteiger partial charge in [0, 0.05) is 12.1 Å². The largest absolute Gasteiger partial charge is 0.390 e. The van der Waals surface area contributed by atoms with Crippen molar-refractivity contribution in [3.63, 3.8) is 0 Å². The van der Waals surface area contributed by atoms with Crippen molar-refractivity contribution in [1.82, 2.24) is 9.78 Å². The number of carbonyl (C=O) groups excluding carboxylic acids is 1. The maximum atomic E-state index is 13.3. The summed E-state index contributed by atoms with van der Waals surface area (Å²) in [6, 6.07) is 0. The van der Waals surface area contributed by atoms with Gasteiger partial charge in [0.1, 0.15) is 0 Å². The van der Waals surface area contributed by atoms with E-state index in [2.05, 4.69) is 25.9 Å². The summed E-state index contributed by atoms with van der Waals surface area (Å²) in [6.45, 7) is 7.23. The van der Waals surface area contributed by atoms with E-state index >= 15 is 0 Å². The first-order valence-corrected chi connectivity index (χ1v) is 13.0. The Morgan fingerprint density at radius 1 is 1.16 bits per heavy atom. The number of ketones is 1. The lowest BCUT2D eigenvalue weighted by molar-refractivity contribution is -0.158. The second kappa shape index (κ2) is 7.58. The molecule has 31 heavy (non-hydrogen) atoms. The van der Waals surface area contributed by atoms with Gasteiger partial charge in [0.25, 0.3) is 0 Å². The smallest absolute Gasteiger partial charge is 0.157 e. The molecule has 0 amide bonds. The van der Waals surface area contributed by atoms with Crippen molar-refractivity contribution in [2.75, 3.05) is 0 Å². The van der Waals surface area contributed by atoms with Crippen molar-refractivity contribution < 1.29 is 9.90 Å². The predicted molar refractivity (Wildman–Crippen MR) is 123 cm³/mol. The predicted octanol–water partition coefficient (Wildman–Crippen LogP) is 5.91. The molecule has 0 aromatic carbocycles. The van der Waals surface area contributed by atoms with Gasteiger partial charge in [0.05, 0.1) is 23.4 Å². The van der Waals surface area contributed by atoms with Crippen LogP contribution in [0.4, 0.5) is 0 Å². The Morgan fingerprint density at radius 2 is 1.97 bits per heavy atom. The molecule has 0 saturated heterocycles. The molecule has 4 fully saturated rings. The van der Waals surface area contributed by atoms with Crippen molar-refractivity contribution in [2.24, 2.45) is 40.4 Å². The van der Waals surface area contributed by atoms with Gasteiger partial charge in [-0.05, 0) is 106 Å². The zero-order valence-corrected chi connectivity index (χ0v) is 20.2. The molecular weight excluding hydrogens is 408 g/mol. The molecule has 1 aromatic heterocycles. The lowest BCUT2D eigenvalue weighted by Crippen LogP contribution is -2.56. The van der Waals surface area contributed by atoms with Gasteiger partial charge in [0.15, 0.2) is 5.78 Å². The quantitative estimate of drug-likeness (QED) is 0.625. The van der Waals surface area contributed by atoms with E-state index < -0.39 is 5.60 Å². The number of hydrogen-bond acceptors (Lipinski definition) is 3. The number of hydrogen-bond donors (Lipinski definition) is 1. The van der Waals surface area contributed by atoms with Crippen molar-refractivity contribution in [3.8, 4) is 0 Å². The highest BCUT2D eigenvalue weighted by Crippen LogP contribution is 2.69. The zero-order valence-electron chi connectivity index (χ0n) is 19.4. The number of carbonyl (C=O) groups is 1. The van der Waals surface area contributed by atoms with E-state index in [1.165, 1.54) is 44.9 Å². The minimum atomic E-state index is -0.473. The summed E-state index contributed by atoms with van der Waals surface area (Å²) in [7, 11) is 0. The van der Waals surface area contributed by atoms with E-state index in [0.29, 0.717) is 34.6 Å². The van der Waals surface area contributed by atoms with E-state index in [0.717, 1.165) is 31.1 Å². The van der Waals surface area contributed by atoms with Crippen LogP contribution in [0.2, 0.25) is 5.02 Å². The van der Waals surface area contributed by atoms with Gasteiger partial charge in [-0.1, -0.05) is 25.4 Å². The standard InChI is InChI=1S/C26H39ClN2O2/c1-4-26-12-11-24(2,31)13-17(26)5-6-19-20-7-8-22(25(20,3)10-9-21(19)26)23(30)16-29-15-18(27)14-28-29/h14-15,17,19-22,31H,4-13,16H2,1-3H3/t17-,19-,20-,21-,22+,24+,25-,26-/m0/s1. The fourth-order valence-electron chi connectivity index (χ4n) is 9.17. The highest BCUT2D eigenvalue weighted by atomic mass is 35.5. The highest BCUT2D eigenvalue weighted by Gasteiger charge is 2.62. The Kier molecular flexibility index (Phi) is 5.37. The van der Waals surface area contributed by atoms with E-state index in [1.54, 1.807) is 17.1 Å². The average molecular weight is 447 g/mol. The monoisotopic (exact) mass is 446 g/mol. The molecule has 0 aliphatic heterocycles. The van der Waals surface area contributed by atoms with Crippen LogP contribution in [0.1, 0.15) is 85.0 Å². The summed E-state index contributed by atoms with van der Waals surface area (Å²) in [5.41, 5.74) is 0.0805. The van der Waals surface area contributed by atoms with Crippen LogP contribution in [0.5, 0.6) is 0 Å². The van der Waals surface area contributed by atoms with Crippen molar-refractivity contribution in [3.05, 3.63) is 17.4 Å². The summed E-state index contributed by atoms with van der Waals surface area (Å²) < 4.78 is 1.71. The maximum Gasteiger partial charge on any atom is 0.157 e. The van der Waals surface area contributed by atoms with Crippen LogP contribution in [0.25, 0.3) is 0 Å². The third kappa shape index (κ3) is 3.42. The lowest BCUT2D eigenvalue weighted by atomic mass is 9.42. The van der Waals surface area contributed by atoms with Gasteiger partial charge >= 0.3 is 0 Å². The average Bonchev–Trinajstić information content (AvgIpc) is 3.29. The van der Waals surface area contributed by atoms with Crippen LogP contribution >= 0.6 is 11.6 Å². The van der Waals surface area contributed by atoms with Crippen LogP contribution < -0.4 is 0 Å². The second-order valence-electron chi connectivity index (χ2n) is 11.9. The number of halogens is 1. The fourth-order valence-corrected chi connectivity index (χ4v) is 9.32.